The Balaban J connectivity index is 3.35. The van der Waals surface area contributed by atoms with Gasteiger partial charge in [-0.05, 0) is 12.1 Å². The van der Waals surface area contributed by atoms with Crippen LogP contribution in [0.15, 0.2) is 27.6 Å². The Morgan fingerprint density at radius 1 is 1.62 bits per heavy atom. The minimum absolute atomic E-state index is 0.118. The maximum atomic E-state index is 10.3. The van der Waals surface area contributed by atoms with Crippen LogP contribution in [0.25, 0.3) is 0 Å². The fourth-order valence-electron chi connectivity index (χ4n) is 0.349. The summed E-state index contributed by atoms with van der Waals surface area (Å²) in [6.07, 6.45) is 1.29. The van der Waals surface area contributed by atoms with Crippen molar-refractivity contribution in [2.75, 3.05) is 0 Å². The van der Waals surface area contributed by atoms with Crippen molar-refractivity contribution in [1.29, 1.82) is 0 Å². The van der Waals surface area contributed by atoms with Gasteiger partial charge in [0.05, 0.1) is 6.26 Å². The van der Waals surface area contributed by atoms with Crippen LogP contribution in [0.3, 0.4) is 0 Å². The first-order valence-electron chi connectivity index (χ1n) is 2.04. The van der Waals surface area contributed by atoms with E-state index in [0.717, 1.165) is 0 Å². The molecule has 0 aromatic carbocycles. The van der Waals surface area contributed by atoms with E-state index in [9.17, 15) is 4.79 Å². The van der Waals surface area contributed by atoms with E-state index in [-0.39, 0.29) is 5.02 Å². The molecule has 2 nitrogen and oxygen atoms in total. The summed E-state index contributed by atoms with van der Waals surface area (Å²) < 4.78 is 4.37. The summed E-state index contributed by atoms with van der Waals surface area (Å²) >= 11 is 5.30. The number of halogens is 1. The van der Waals surface area contributed by atoms with Crippen LogP contribution in [0.2, 0.25) is 5.02 Å². The third-order valence-electron chi connectivity index (χ3n) is 0.691. The molecule has 42 valence electrons. The van der Waals surface area contributed by atoms with Gasteiger partial charge in [-0.2, -0.15) is 0 Å². The maximum absolute atomic E-state index is 10.3. The van der Waals surface area contributed by atoms with Crippen molar-refractivity contribution >= 4 is 11.6 Å². The molecule has 0 saturated carbocycles. The quantitative estimate of drug-likeness (QED) is 0.530. The SMILES string of the molecule is O=c1occcc1Cl. The molecule has 0 aliphatic carbocycles. The Kier molecular flexibility index (Phi) is 1.35. The molecule has 1 heterocycles. The van der Waals surface area contributed by atoms with E-state index >= 15 is 0 Å². The van der Waals surface area contributed by atoms with Gasteiger partial charge in [-0.1, -0.05) is 11.6 Å². The largest absolute Gasteiger partial charge is 0.430 e. The van der Waals surface area contributed by atoms with E-state index in [1.54, 1.807) is 6.07 Å². The van der Waals surface area contributed by atoms with Crippen molar-refractivity contribution in [3.8, 4) is 0 Å². The van der Waals surface area contributed by atoms with Gasteiger partial charge >= 0.3 is 5.63 Å². The molecular weight excluding hydrogens is 128 g/mol. The summed E-state index contributed by atoms with van der Waals surface area (Å²) in [5.74, 6) is 0. The third kappa shape index (κ3) is 0.898. The summed E-state index contributed by atoms with van der Waals surface area (Å²) in [4.78, 5) is 10.3. The number of hydrogen-bond acceptors (Lipinski definition) is 2. The molecule has 0 atom stereocenters. The average Bonchev–Trinajstić information content (AvgIpc) is 1.77. The van der Waals surface area contributed by atoms with Gasteiger partial charge in [-0.25, -0.2) is 4.79 Å². The number of hydrogen-bond donors (Lipinski definition) is 0. The molecule has 1 rings (SSSR count). The van der Waals surface area contributed by atoms with Gasteiger partial charge in [-0.15, -0.1) is 0 Å². The summed E-state index contributed by atoms with van der Waals surface area (Å²) in [5.41, 5.74) is -0.492. The van der Waals surface area contributed by atoms with Crippen LogP contribution >= 0.6 is 11.6 Å². The van der Waals surface area contributed by atoms with E-state index in [2.05, 4.69) is 4.42 Å². The zero-order valence-corrected chi connectivity index (χ0v) is 4.68. The second-order valence-corrected chi connectivity index (χ2v) is 1.66. The lowest BCUT2D eigenvalue weighted by atomic mass is 10.5. The molecule has 0 fully saturated rings. The molecule has 0 radical (unpaired) electrons. The van der Waals surface area contributed by atoms with Gasteiger partial charge in [-0.3, -0.25) is 0 Å². The topological polar surface area (TPSA) is 30.2 Å². The molecule has 1 aromatic rings. The molecule has 1 aromatic heterocycles. The first-order chi connectivity index (χ1) is 3.80. The Hall–Kier alpha value is -0.760. The van der Waals surface area contributed by atoms with Crippen molar-refractivity contribution in [2.24, 2.45) is 0 Å². The highest BCUT2D eigenvalue weighted by Gasteiger charge is 1.89. The molecule has 0 bridgehead atoms. The number of rotatable bonds is 0. The van der Waals surface area contributed by atoms with Crippen molar-refractivity contribution in [3.63, 3.8) is 0 Å². The standard InChI is InChI=1S/C5H3ClO2/c6-4-2-1-3-8-5(4)7/h1-3H. The minimum Gasteiger partial charge on any atom is -0.430 e. The van der Waals surface area contributed by atoms with Crippen LogP contribution in [0, 0.1) is 0 Å². The van der Waals surface area contributed by atoms with Crippen LogP contribution in [0.1, 0.15) is 0 Å². The third-order valence-corrected chi connectivity index (χ3v) is 0.971. The molecule has 0 spiro atoms. The lowest BCUT2D eigenvalue weighted by molar-refractivity contribution is 0.511. The molecule has 0 N–H and O–H groups in total. The lowest BCUT2D eigenvalue weighted by Gasteiger charge is -1.79. The highest BCUT2D eigenvalue weighted by molar-refractivity contribution is 6.30. The molecule has 3 heteroatoms. The summed E-state index contributed by atoms with van der Waals surface area (Å²) in [5, 5.41) is 0.118. The zero-order valence-electron chi connectivity index (χ0n) is 3.93. The van der Waals surface area contributed by atoms with Crippen molar-refractivity contribution < 1.29 is 4.42 Å². The fourth-order valence-corrected chi connectivity index (χ4v) is 0.466. The predicted molar refractivity (Wildman–Crippen MR) is 30.0 cm³/mol. The molecule has 0 aliphatic rings. The molecular formula is C5H3ClO2. The van der Waals surface area contributed by atoms with Gasteiger partial charge in [0.25, 0.3) is 0 Å². The van der Waals surface area contributed by atoms with E-state index in [1.807, 2.05) is 0 Å². The van der Waals surface area contributed by atoms with Crippen LogP contribution in [0.5, 0.6) is 0 Å². The molecule has 0 amide bonds. The monoisotopic (exact) mass is 130 g/mol. The van der Waals surface area contributed by atoms with Crippen LogP contribution in [-0.2, 0) is 0 Å². The summed E-state index contributed by atoms with van der Waals surface area (Å²) in [6, 6.07) is 3.04. The second kappa shape index (κ2) is 2.01. The van der Waals surface area contributed by atoms with Crippen LogP contribution < -0.4 is 5.63 Å². The van der Waals surface area contributed by atoms with Gasteiger partial charge in [0.15, 0.2) is 0 Å². The second-order valence-electron chi connectivity index (χ2n) is 1.25. The Morgan fingerprint density at radius 2 is 2.38 bits per heavy atom. The Morgan fingerprint density at radius 3 is 2.75 bits per heavy atom. The smallest absolute Gasteiger partial charge is 0.354 e. The lowest BCUT2D eigenvalue weighted by Crippen LogP contribution is -1.95. The molecule has 0 saturated heterocycles. The Bertz CT molecular complexity index is 228. The van der Waals surface area contributed by atoms with Gasteiger partial charge < -0.3 is 4.42 Å². The van der Waals surface area contributed by atoms with Crippen molar-refractivity contribution in [3.05, 3.63) is 33.8 Å². The highest BCUT2D eigenvalue weighted by atomic mass is 35.5. The van der Waals surface area contributed by atoms with Crippen LogP contribution in [0.4, 0.5) is 0 Å². The van der Waals surface area contributed by atoms with Crippen LogP contribution in [-0.4, -0.2) is 0 Å². The van der Waals surface area contributed by atoms with E-state index in [0.29, 0.717) is 0 Å². The van der Waals surface area contributed by atoms with E-state index < -0.39 is 5.63 Å². The molecule has 0 aliphatic heterocycles. The normalized spacial score (nSPS) is 9.12. The maximum Gasteiger partial charge on any atom is 0.354 e. The first kappa shape index (κ1) is 5.38. The van der Waals surface area contributed by atoms with Gasteiger partial charge in [0, 0.05) is 0 Å². The average molecular weight is 131 g/mol. The van der Waals surface area contributed by atoms with Gasteiger partial charge in [0.1, 0.15) is 5.02 Å². The zero-order chi connectivity index (χ0) is 5.98. The molecule has 8 heavy (non-hydrogen) atoms. The molecule has 0 unspecified atom stereocenters. The van der Waals surface area contributed by atoms with E-state index in [1.165, 1.54) is 12.3 Å². The van der Waals surface area contributed by atoms with Gasteiger partial charge in [0.2, 0.25) is 0 Å². The van der Waals surface area contributed by atoms with Crippen molar-refractivity contribution in [2.45, 2.75) is 0 Å². The van der Waals surface area contributed by atoms with Crippen molar-refractivity contribution in [1.82, 2.24) is 0 Å². The summed E-state index contributed by atoms with van der Waals surface area (Å²) in [6.45, 7) is 0. The minimum atomic E-state index is -0.492. The predicted octanol–water partition coefficient (Wildman–Crippen LogP) is 1.29. The highest BCUT2D eigenvalue weighted by Crippen LogP contribution is 1.96. The fraction of sp³-hybridized carbons (Fsp3) is 0. The Labute approximate surface area is 50.7 Å². The summed E-state index contributed by atoms with van der Waals surface area (Å²) in [7, 11) is 0. The first-order valence-corrected chi connectivity index (χ1v) is 2.42. The van der Waals surface area contributed by atoms with E-state index in [4.69, 9.17) is 11.6 Å².